The molecule has 28 nitrogen and oxygen atoms in total. The summed E-state index contributed by atoms with van der Waals surface area (Å²) in [6.07, 6.45) is 0. The molecule has 9 N–H and O–H groups in total. The van der Waals surface area contributed by atoms with Crippen molar-refractivity contribution in [3.8, 4) is 34.6 Å². The van der Waals surface area contributed by atoms with E-state index < -0.39 is 117 Å². The number of carboxylic acid groups (broad SMARTS) is 2. The number of aromatic hydroxyl groups is 2. The standard InChI is InChI=1S/C38H32N8O20S3/c1-64-20-4-6-25(30(14-20)68(58,59)60)40-41-26-16-29(66-11-9-48)27(17-28(26)65-10-8-47)42-43-32-31(69(61,62)63)12-18-2-3-19(13-22(18)35(32)49)46-36(50)33(34(45-46)38(53)54)44-39-24-7-5-21(67(55,56)57)15-23(24)37(51)52/h2-7,12-17,47-50H,8-11H2,1H3,(H,51,52)(H,53,54)(H,55,56,57)(H,58,59,60)(H,61,62,63)/b41-40+,43-42+,44-39+. The molecule has 69 heavy (non-hydrogen) atoms. The minimum absolute atomic E-state index is 0.0485. The molecular formula is C38H32N8O20S3. The van der Waals surface area contributed by atoms with E-state index in [0.29, 0.717) is 10.7 Å². The third-order valence-corrected chi connectivity index (χ3v) is 11.7. The number of nitrogens with zero attached hydrogens (tertiary/aromatic N) is 8. The minimum Gasteiger partial charge on any atom is -0.505 e. The normalized spacial score (nSPS) is 12.4. The van der Waals surface area contributed by atoms with E-state index in [9.17, 15) is 79.1 Å². The topological polar surface area (TPSA) is 438 Å². The number of phenolic OH excluding ortho intramolecular Hbond substituents is 1. The number of aliphatic hydroxyl groups excluding tert-OH is 2. The van der Waals surface area contributed by atoms with Gasteiger partial charge in [-0.15, -0.1) is 30.7 Å². The van der Waals surface area contributed by atoms with Gasteiger partial charge in [0.05, 0.1) is 36.5 Å². The first kappa shape index (κ1) is 50.4. The number of carboxylic acids is 2. The summed E-state index contributed by atoms with van der Waals surface area (Å²) < 4.78 is 119. The summed E-state index contributed by atoms with van der Waals surface area (Å²) in [4.78, 5) is 21.6. The Kier molecular flexibility index (Phi) is 14.6. The van der Waals surface area contributed by atoms with Gasteiger partial charge in [0.1, 0.15) is 68.7 Å². The molecule has 1 aromatic heterocycles. The van der Waals surface area contributed by atoms with Gasteiger partial charge in [-0.05, 0) is 53.9 Å². The second kappa shape index (κ2) is 20.1. The number of rotatable bonds is 19. The Balaban J connectivity index is 1.47. The van der Waals surface area contributed by atoms with E-state index in [2.05, 4.69) is 35.8 Å². The molecule has 6 aromatic rings. The molecule has 0 saturated heterocycles. The third-order valence-electron chi connectivity index (χ3n) is 9.06. The Hall–Kier alpha value is -8.04. The van der Waals surface area contributed by atoms with Crippen LogP contribution in [0.1, 0.15) is 20.8 Å². The number of aromatic nitrogens is 2. The van der Waals surface area contributed by atoms with Gasteiger partial charge in [-0.2, -0.15) is 35.0 Å². The highest BCUT2D eigenvalue weighted by Gasteiger charge is 2.27. The molecule has 0 unspecified atom stereocenters. The van der Waals surface area contributed by atoms with E-state index in [1.165, 1.54) is 13.2 Å². The third kappa shape index (κ3) is 11.2. The molecule has 0 saturated carbocycles. The van der Waals surface area contributed by atoms with E-state index >= 15 is 0 Å². The highest BCUT2D eigenvalue weighted by molar-refractivity contribution is 7.86. The number of carbonyl (C=O) groups is 2. The van der Waals surface area contributed by atoms with Gasteiger partial charge in [-0.1, -0.05) is 6.07 Å². The fourth-order valence-electron chi connectivity index (χ4n) is 5.97. The molecule has 0 bridgehead atoms. The van der Waals surface area contributed by atoms with Gasteiger partial charge in [-0.25, -0.2) is 9.59 Å². The lowest BCUT2D eigenvalue weighted by Gasteiger charge is -2.13. The van der Waals surface area contributed by atoms with Crippen molar-refractivity contribution in [2.24, 2.45) is 30.7 Å². The van der Waals surface area contributed by atoms with E-state index in [4.69, 9.17) is 14.2 Å². The Morgan fingerprint density at radius 2 is 1.19 bits per heavy atom. The van der Waals surface area contributed by atoms with Crippen LogP contribution in [-0.4, -0.2) is 125 Å². The fourth-order valence-corrected chi connectivity index (χ4v) is 7.77. The lowest BCUT2D eigenvalue weighted by molar-refractivity contribution is 0.0682. The zero-order valence-electron chi connectivity index (χ0n) is 34.6. The lowest BCUT2D eigenvalue weighted by Crippen LogP contribution is -2.04. The van der Waals surface area contributed by atoms with Crippen LogP contribution in [-0.2, 0) is 30.4 Å². The summed E-state index contributed by atoms with van der Waals surface area (Å²) >= 11 is 0. The average Bonchev–Trinajstić information content (AvgIpc) is 3.63. The van der Waals surface area contributed by atoms with Crippen molar-refractivity contribution in [3.05, 3.63) is 84.1 Å². The number of hydrogen-bond donors (Lipinski definition) is 9. The van der Waals surface area contributed by atoms with Crippen molar-refractivity contribution >= 4 is 87.2 Å². The lowest BCUT2D eigenvalue weighted by atomic mass is 10.1. The van der Waals surface area contributed by atoms with Crippen LogP contribution in [0.5, 0.6) is 28.9 Å². The first-order valence-electron chi connectivity index (χ1n) is 18.7. The van der Waals surface area contributed by atoms with Gasteiger partial charge in [-0.3, -0.25) is 13.7 Å². The molecule has 0 fully saturated rings. The quantitative estimate of drug-likeness (QED) is 0.0353. The molecule has 362 valence electrons. The summed E-state index contributed by atoms with van der Waals surface area (Å²) in [7, 11) is -13.7. The number of phenols is 1. The predicted molar refractivity (Wildman–Crippen MR) is 231 cm³/mol. The van der Waals surface area contributed by atoms with Crippen LogP contribution >= 0.6 is 0 Å². The van der Waals surface area contributed by atoms with Crippen LogP contribution in [0.25, 0.3) is 16.5 Å². The van der Waals surface area contributed by atoms with Crippen LogP contribution in [0.4, 0.5) is 34.1 Å². The van der Waals surface area contributed by atoms with Gasteiger partial charge in [0.25, 0.3) is 30.4 Å². The molecule has 0 spiro atoms. The Bertz CT molecular complexity index is 3490. The van der Waals surface area contributed by atoms with E-state index in [0.717, 1.165) is 60.7 Å². The fraction of sp³-hybridized carbons (Fsp3) is 0.132. The van der Waals surface area contributed by atoms with Crippen molar-refractivity contribution in [3.63, 3.8) is 0 Å². The summed E-state index contributed by atoms with van der Waals surface area (Å²) in [5, 5.41) is 87.7. The summed E-state index contributed by atoms with van der Waals surface area (Å²) in [5.74, 6) is -5.99. The Labute approximate surface area is 386 Å². The van der Waals surface area contributed by atoms with Crippen molar-refractivity contribution < 1.29 is 93.4 Å². The van der Waals surface area contributed by atoms with Crippen molar-refractivity contribution in [2.45, 2.75) is 14.7 Å². The molecule has 0 atom stereocenters. The molecule has 0 radical (unpaired) electrons. The molecule has 0 amide bonds. The van der Waals surface area contributed by atoms with Crippen LogP contribution < -0.4 is 14.2 Å². The second-order valence-corrected chi connectivity index (χ2v) is 17.7. The molecule has 1 heterocycles. The van der Waals surface area contributed by atoms with Crippen molar-refractivity contribution in [1.29, 1.82) is 0 Å². The van der Waals surface area contributed by atoms with Crippen LogP contribution in [0, 0.1) is 0 Å². The molecule has 6 rings (SSSR count). The Morgan fingerprint density at radius 1 is 0.623 bits per heavy atom. The van der Waals surface area contributed by atoms with Gasteiger partial charge in [0, 0.05) is 23.6 Å². The molecular weight excluding hydrogens is 985 g/mol. The molecule has 31 heteroatoms. The van der Waals surface area contributed by atoms with E-state index in [-0.39, 0.29) is 57.4 Å². The maximum Gasteiger partial charge on any atom is 0.358 e. The highest BCUT2D eigenvalue weighted by atomic mass is 32.2. The largest absolute Gasteiger partial charge is 0.505 e. The molecule has 0 aliphatic carbocycles. The average molecular weight is 1020 g/mol. The number of ether oxygens (including phenoxy) is 3. The zero-order chi connectivity index (χ0) is 50.6. The number of benzene rings is 5. The molecule has 0 aliphatic heterocycles. The highest BCUT2D eigenvalue weighted by Crippen LogP contribution is 2.46. The van der Waals surface area contributed by atoms with Crippen LogP contribution in [0.3, 0.4) is 0 Å². The minimum atomic E-state index is -5.23. The van der Waals surface area contributed by atoms with E-state index in [1.807, 2.05) is 0 Å². The predicted octanol–water partition coefficient (Wildman–Crippen LogP) is 5.57. The summed E-state index contributed by atoms with van der Waals surface area (Å²) in [5.41, 5.74) is -5.21. The number of aliphatic hydroxyl groups is 2. The summed E-state index contributed by atoms with van der Waals surface area (Å²) in [6.45, 7) is -1.89. The van der Waals surface area contributed by atoms with Gasteiger partial charge in [0.2, 0.25) is 11.6 Å². The maximum absolute atomic E-state index is 12.7. The van der Waals surface area contributed by atoms with Gasteiger partial charge >= 0.3 is 11.9 Å². The smallest absolute Gasteiger partial charge is 0.358 e. The van der Waals surface area contributed by atoms with Crippen molar-refractivity contribution in [1.82, 2.24) is 9.78 Å². The second-order valence-electron chi connectivity index (χ2n) is 13.5. The molecule has 0 aliphatic rings. The summed E-state index contributed by atoms with van der Waals surface area (Å²) in [6, 6.07) is 12.0. The number of hydrogen-bond acceptors (Lipinski definition) is 22. The SMILES string of the molecule is COc1ccc(/N=N/c2cc(OCCO)c(/N=N/c3c(S(=O)(=O)O)cc4ccc(-n5nc(C(=O)O)c(/N=N/c6ccc(S(=O)(=O)O)cc6C(=O)O)c5O)cc4c3O)cc2OCCO)c(S(=O)(=O)O)c1. The molecule has 5 aromatic carbocycles. The number of fused-ring (bicyclic) bond motifs is 1. The van der Waals surface area contributed by atoms with Crippen LogP contribution in [0.15, 0.2) is 118 Å². The van der Waals surface area contributed by atoms with Crippen LogP contribution in [0.2, 0.25) is 0 Å². The monoisotopic (exact) mass is 1020 g/mol. The van der Waals surface area contributed by atoms with Gasteiger partial charge < -0.3 is 44.8 Å². The first-order valence-corrected chi connectivity index (χ1v) is 23.0. The van der Waals surface area contributed by atoms with E-state index in [1.54, 1.807) is 0 Å². The zero-order valence-corrected chi connectivity index (χ0v) is 37.0. The first-order chi connectivity index (χ1) is 32.5. The number of azo groups is 3. The Morgan fingerprint density at radius 3 is 1.74 bits per heavy atom. The number of methoxy groups -OCH3 is 1. The van der Waals surface area contributed by atoms with Gasteiger partial charge in [0.15, 0.2) is 11.4 Å². The van der Waals surface area contributed by atoms with Crippen molar-refractivity contribution in [2.75, 3.05) is 33.5 Å². The number of aromatic carboxylic acids is 2. The maximum atomic E-state index is 12.7.